The topological polar surface area (TPSA) is 0 Å². The van der Waals surface area contributed by atoms with Crippen LogP contribution in [0.3, 0.4) is 0 Å². The van der Waals surface area contributed by atoms with Gasteiger partial charge in [0.05, 0.1) is 14.9 Å². The Labute approximate surface area is 117 Å². The van der Waals surface area contributed by atoms with E-state index in [0.29, 0.717) is 10.0 Å². The first kappa shape index (κ1) is 12.4. The van der Waals surface area contributed by atoms with Crippen molar-refractivity contribution in [2.24, 2.45) is 0 Å². The molecule has 1 aromatic carbocycles. The minimum atomic E-state index is 0.181. The second-order valence-electron chi connectivity index (χ2n) is 3.48. The van der Waals surface area contributed by atoms with Gasteiger partial charge in [-0.05, 0) is 36.8 Å². The van der Waals surface area contributed by atoms with E-state index in [9.17, 15) is 0 Å². The van der Waals surface area contributed by atoms with Gasteiger partial charge in [-0.1, -0.05) is 45.2 Å². The molecule has 0 saturated heterocycles. The molecule has 0 aliphatic carbocycles. The molecule has 1 heterocycles. The fourth-order valence-electron chi connectivity index (χ4n) is 1.42. The Morgan fingerprint density at radius 1 is 1.12 bits per heavy atom. The lowest BCUT2D eigenvalue weighted by Crippen LogP contribution is -1.89. The van der Waals surface area contributed by atoms with Gasteiger partial charge in [-0.2, -0.15) is 0 Å². The van der Waals surface area contributed by atoms with Crippen LogP contribution < -0.4 is 0 Å². The van der Waals surface area contributed by atoms with Crippen molar-refractivity contribution in [1.29, 1.82) is 0 Å². The predicted molar refractivity (Wildman–Crippen MR) is 76.3 cm³/mol. The molecule has 0 spiro atoms. The molecule has 0 saturated carbocycles. The molecule has 0 aliphatic heterocycles. The first-order valence-corrected chi connectivity index (χ1v) is 7.22. The third-order valence-electron chi connectivity index (χ3n) is 2.25. The van der Waals surface area contributed by atoms with E-state index in [4.69, 9.17) is 23.2 Å². The van der Waals surface area contributed by atoms with Crippen LogP contribution in [0.25, 0.3) is 0 Å². The molecule has 0 amide bonds. The molecule has 1 unspecified atom stereocenters. The first-order chi connectivity index (χ1) is 7.58. The Balaban J connectivity index is 2.33. The summed E-state index contributed by atoms with van der Waals surface area (Å²) in [6, 6.07) is 9.96. The van der Waals surface area contributed by atoms with E-state index in [2.05, 4.69) is 35.0 Å². The molecule has 0 fully saturated rings. The summed E-state index contributed by atoms with van der Waals surface area (Å²) in [5.41, 5.74) is 1.12. The fraction of sp³-hybridized carbons (Fsp3) is 0.167. The van der Waals surface area contributed by atoms with Gasteiger partial charge in [0.2, 0.25) is 0 Å². The molecule has 84 valence electrons. The molecule has 0 aliphatic rings. The molecule has 0 N–H and O–H groups in total. The highest BCUT2D eigenvalue weighted by Crippen LogP contribution is 2.37. The summed E-state index contributed by atoms with van der Waals surface area (Å²) in [7, 11) is 0. The van der Waals surface area contributed by atoms with Crippen molar-refractivity contribution < 1.29 is 0 Å². The third kappa shape index (κ3) is 2.62. The monoisotopic (exact) mass is 334 g/mol. The van der Waals surface area contributed by atoms with E-state index in [-0.39, 0.29) is 4.83 Å². The molecule has 16 heavy (non-hydrogen) atoms. The molecule has 0 radical (unpaired) electrons. The molecular weight excluding hydrogens is 327 g/mol. The minimum Gasteiger partial charge on any atom is -0.144 e. The van der Waals surface area contributed by atoms with Crippen LogP contribution in [0, 0.1) is 6.92 Å². The highest BCUT2D eigenvalue weighted by molar-refractivity contribution is 9.09. The molecule has 0 bridgehead atoms. The van der Waals surface area contributed by atoms with Gasteiger partial charge in [-0.15, -0.1) is 11.3 Å². The largest absolute Gasteiger partial charge is 0.144 e. The average molecular weight is 336 g/mol. The Morgan fingerprint density at radius 3 is 2.44 bits per heavy atom. The van der Waals surface area contributed by atoms with Crippen LogP contribution in [0.1, 0.15) is 20.1 Å². The van der Waals surface area contributed by atoms with Gasteiger partial charge in [0, 0.05) is 9.75 Å². The van der Waals surface area contributed by atoms with Crippen molar-refractivity contribution in [2.75, 3.05) is 0 Å². The van der Waals surface area contributed by atoms with Crippen molar-refractivity contribution in [3.05, 3.63) is 55.7 Å². The molecule has 0 nitrogen and oxygen atoms in total. The zero-order valence-corrected chi connectivity index (χ0v) is 12.4. The molecule has 4 heteroatoms. The molecule has 1 aromatic heterocycles. The third-order valence-corrected chi connectivity index (χ3v) is 5.38. The van der Waals surface area contributed by atoms with Gasteiger partial charge in [-0.25, -0.2) is 0 Å². The second-order valence-corrected chi connectivity index (χ2v) is 6.53. The summed E-state index contributed by atoms with van der Waals surface area (Å²) in [5.74, 6) is 0. The average Bonchev–Trinajstić information content (AvgIpc) is 2.68. The number of halogens is 3. The van der Waals surface area contributed by atoms with E-state index in [1.54, 1.807) is 11.3 Å². The number of rotatable bonds is 2. The number of benzene rings is 1. The highest BCUT2D eigenvalue weighted by Gasteiger charge is 2.13. The van der Waals surface area contributed by atoms with Gasteiger partial charge in [0.1, 0.15) is 0 Å². The van der Waals surface area contributed by atoms with E-state index in [1.807, 2.05) is 18.2 Å². The second kappa shape index (κ2) is 5.09. The van der Waals surface area contributed by atoms with Crippen LogP contribution in [-0.4, -0.2) is 0 Å². The summed E-state index contributed by atoms with van der Waals surface area (Å²) in [6.07, 6.45) is 0. The van der Waals surface area contributed by atoms with Crippen LogP contribution in [-0.2, 0) is 0 Å². The molecule has 2 rings (SSSR count). The van der Waals surface area contributed by atoms with E-state index >= 15 is 0 Å². The summed E-state index contributed by atoms with van der Waals surface area (Å²) in [4.78, 5) is 2.76. The Hall–Kier alpha value is -0.0200. The maximum atomic E-state index is 6.00. The van der Waals surface area contributed by atoms with Crippen molar-refractivity contribution in [3.63, 3.8) is 0 Å². The van der Waals surface area contributed by atoms with Crippen molar-refractivity contribution in [3.8, 4) is 0 Å². The fourth-order valence-corrected chi connectivity index (χ4v) is 3.33. The van der Waals surface area contributed by atoms with Crippen LogP contribution in [0.4, 0.5) is 0 Å². The van der Waals surface area contributed by atoms with Crippen LogP contribution in [0.2, 0.25) is 10.0 Å². The number of alkyl halides is 1. The maximum absolute atomic E-state index is 6.00. The van der Waals surface area contributed by atoms with Gasteiger partial charge in [-0.3, -0.25) is 0 Å². The van der Waals surface area contributed by atoms with E-state index < -0.39 is 0 Å². The maximum Gasteiger partial charge on any atom is 0.0738 e. The first-order valence-electron chi connectivity index (χ1n) is 4.73. The Bertz CT molecular complexity index is 507. The standard InChI is InChI=1S/C12H9BrCl2S/c1-7-2-5-11(16-7)12(13)8-3-4-9(14)10(15)6-8/h2-6,12H,1H3. The van der Waals surface area contributed by atoms with Gasteiger partial charge in [0.15, 0.2) is 0 Å². The van der Waals surface area contributed by atoms with E-state index in [0.717, 1.165) is 5.56 Å². The number of thiophene rings is 1. The predicted octanol–water partition coefficient (Wildman–Crippen LogP) is 5.85. The highest BCUT2D eigenvalue weighted by atomic mass is 79.9. The Kier molecular flexibility index (Phi) is 3.96. The number of aryl methyl sites for hydroxylation is 1. The van der Waals surface area contributed by atoms with Crippen LogP contribution in [0.15, 0.2) is 30.3 Å². The normalized spacial score (nSPS) is 12.8. The SMILES string of the molecule is Cc1ccc(C(Br)c2ccc(Cl)c(Cl)c2)s1. The number of hydrogen-bond donors (Lipinski definition) is 0. The molecule has 2 aromatic rings. The summed E-state index contributed by atoms with van der Waals surface area (Å²) >= 11 is 17.3. The summed E-state index contributed by atoms with van der Waals surface area (Å²) in [5, 5.41) is 1.18. The minimum absolute atomic E-state index is 0.181. The molecular formula is C12H9BrCl2S. The van der Waals surface area contributed by atoms with Crippen molar-refractivity contribution >= 4 is 50.5 Å². The summed E-state index contributed by atoms with van der Waals surface area (Å²) < 4.78 is 0. The van der Waals surface area contributed by atoms with Gasteiger partial charge >= 0.3 is 0 Å². The number of hydrogen-bond acceptors (Lipinski definition) is 1. The zero-order valence-electron chi connectivity index (χ0n) is 8.51. The van der Waals surface area contributed by atoms with Crippen LogP contribution >= 0.6 is 50.5 Å². The van der Waals surface area contributed by atoms with Gasteiger partial charge < -0.3 is 0 Å². The van der Waals surface area contributed by atoms with Gasteiger partial charge in [0.25, 0.3) is 0 Å². The molecule has 1 atom stereocenters. The lowest BCUT2D eigenvalue weighted by molar-refractivity contribution is 1.23. The summed E-state index contributed by atoms with van der Waals surface area (Å²) in [6.45, 7) is 2.10. The van der Waals surface area contributed by atoms with Crippen molar-refractivity contribution in [2.45, 2.75) is 11.8 Å². The van der Waals surface area contributed by atoms with Crippen LogP contribution in [0.5, 0.6) is 0 Å². The zero-order chi connectivity index (χ0) is 11.7. The lowest BCUT2D eigenvalue weighted by atomic mass is 10.1. The Morgan fingerprint density at radius 2 is 1.88 bits per heavy atom. The van der Waals surface area contributed by atoms with Crippen molar-refractivity contribution in [1.82, 2.24) is 0 Å². The quantitative estimate of drug-likeness (QED) is 0.604. The lowest BCUT2D eigenvalue weighted by Gasteiger charge is -2.09. The van der Waals surface area contributed by atoms with E-state index in [1.165, 1.54) is 9.75 Å². The smallest absolute Gasteiger partial charge is 0.0738 e.